The first-order valence-corrected chi connectivity index (χ1v) is 6.70. The summed E-state index contributed by atoms with van der Waals surface area (Å²) in [6.07, 6.45) is -0.627. The van der Waals surface area contributed by atoms with E-state index in [1.54, 1.807) is 18.2 Å². The molecular weight excluding hydrogens is 320 g/mol. The minimum absolute atomic E-state index is 0.429. The lowest BCUT2D eigenvalue weighted by Gasteiger charge is -2.09. The third-order valence-electron chi connectivity index (χ3n) is 2.86. The van der Waals surface area contributed by atoms with E-state index in [4.69, 9.17) is 9.47 Å². The Kier molecular flexibility index (Phi) is 7.21. The number of anilines is 1. The Balaban J connectivity index is 3.01. The first-order chi connectivity index (χ1) is 11.5. The van der Waals surface area contributed by atoms with Crippen LogP contribution in [-0.2, 0) is 23.9 Å². The van der Waals surface area contributed by atoms with Gasteiger partial charge in [-0.15, -0.1) is 0 Å². The number of benzene rings is 1. The molecule has 0 spiro atoms. The first-order valence-electron chi connectivity index (χ1n) is 6.70. The molecule has 0 aliphatic heterocycles. The second-order valence-electron chi connectivity index (χ2n) is 4.31. The molecule has 1 rings (SSSR count). The van der Waals surface area contributed by atoms with Gasteiger partial charge in [0.25, 0.3) is 0 Å². The maximum absolute atomic E-state index is 11.9. The molecule has 0 amide bonds. The van der Waals surface area contributed by atoms with Crippen molar-refractivity contribution >= 4 is 29.1 Å². The van der Waals surface area contributed by atoms with E-state index in [1.807, 2.05) is 0 Å². The Labute approximate surface area is 138 Å². The van der Waals surface area contributed by atoms with Gasteiger partial charge in [0.05, 0.1) is 34.1 Å². The Morgan fingerprint density at radius 3 is 2.21 bits per heavy atom. The van der Waals surface area contributed by atoms with Crippen LogP contribution in [0.2, 0.25) is 0 Å². The van der Waals surface area contributed by atoms with E-state index in [0.29, 0.717) is 17.2 Å². The quantitative estimate of drug-likeness (QED) is 0.320. The predicted molar refractivity (Wildman–Crippen MR) is 84.3 cm³/mol. The normalized spacial score (nSPS) is 10.6. The summed E-state index contributed by atoms with van der Waals surface area (Å²) in [5.74, 6) is -1.67. The van der Waals surface area contributed by atoms with Crippen LogP contribution in [0.3, 0.4) is 0 Å². The minimum Gasteiger partial charge on any atom is -0.493 e. The van der Waals surface area contributed by atoms with Crippen molar-refractivity contribution in [2.45, 2.75) is 6.42 Å². The number of nitrogens with zero attached hydrogens (tertiary/aromatic N) is 1. The van der Waals surface area contributed by atoms with Crippen LogP contribution in [-0.4, -0.2) is 51.9 Å². The zero-order chi connectivity index (χ0) is 18.1. The van der Waals surface area contributed by atoms with Crippen molar-refractivity contribution in [2.24, 2.45) is 5.10 Å². The molecule has 0 saturated heterocycles. The van der Waals surface area contributed by atoms with Crippen molar-refractivity contribution in [1.82, 2.24) is 0 Å². The van der Waals surface area contributed by atoms with E-state index < -0.39 is 29.9 Å². The average molecular weight is 338 g/mol. The smallest absolute Gasteiger partial charge is 0.362 e. The van der Waals surface area contributed by atoms with Gasteiger partial charge in [0, 0.05) is 6.07 Å². The standard InChI is InChI=1S/C15H18N2O7/c1-21-11-6-5-9(7-12(11)22-2)16-17-14(15(20)24-4)10(18)8-13(19)23-3/h5-7,16H,8H2,1-4H3/b17-14+. The Hall–Kier alpha value is -3.10. The fraction of sp³-hybridized carbons (Fsp3) is 0.333. The number of hydrogen-bond donors (Lipinski definition) is 1. The highest BCUT2D eigenvalue weighted by molar-refractivity contribution is 6.65. The van der Waals surface area contributed by atoms with E-state index in [2.05, 4.69) is 20.0 Å². The van der Waals surface area contributed by atoms with Gasteiger partial charge in [0.15, 0.2) is 11.5 Å². The van der Waals surface area contributed by atoms with E-state index in [9.17, 15) is 14.4 Å². The van der Waals surface area contributed by atoms with Crippen molar-refractivity contribution in [3.63, 3.8) is 0 Å². The van der Waals surface area contributed by atoms with Gasteiger partial charge < -0.3 is 18.9 Å². The molecule has 1 aromatic rings. The molecule has 130 valence electrons. The highest BCUT2D eigenvalue weighted by Gasteiger charge is 2.24. The van der Waals surface area contributed by atoms with Gasteiger partial charge in [0.2, 0.25) is 11.5 Å². The van der Waals surface area contributed by atoms with Crippen LogP contribution >= 0.6 is 0 Å². The molecule has 0 heterocycles. The fourth-order valence-electron chi connectivity index (χ4n) is 1.63. The monoisotopic (exact) mass is 338 g/mol. The number of carbonyl (C=O) groups excluding carboxylic acids is 3. The zero-order valence-electron chi connectivity index (χ0n) is 13.7. The van der Waals surface area contributed by atoms with Crippen LogP contribution in [0.4, 0.5) is 5.69 Å². The lowest BCUT2D eigenvalue weighted by atomic mass is 10.2. The number of ether oxygens (including phenoxy) is 4. The summed E-state index contributed by atoms with van der Waals surface area (Å²) in [4.78, 5) is 34.8. The van der Waals surface area contributed by atoms with Gasteiger partial charge in [-0.1, -0.05) is 0 Å². The molecule has 1 aromatic carbocycles. The summed E-state index contributed by atoms with van der Waals surface area (Å²) in [7, 11) is 5.18. The number of nitrogens with one attached hydrogen (secondary N) is 1. The Bertz CT molecular complexity index is 655. The van der Waals surface area contributed by atoms with Gasteiger partial charge in [-0.2, -0.15) is 5.10 Å². The summed E-state index contributed by atoms with van der Waals surface area (Å²) in [5, 5.41) is 3.72. The van der Waals surface area contributed by atoms with Crippen LogP contribution in [0.15, 0.2) is 23.3 Å². The average Bonchev–Trinajstić information content (AvgIpc) is 2.60. The topological polar surface area (TPSA) is 113 Å². The summed E-state index contributed by atoms with van der Waals surface area (Å²) in [5.41, 5.74) is 2.41. The van der Waals surface area contributed by atoms with Gasteiger partial charge in [0.1, 0.15) is 6.42 Å². The summed E-state index contributed by atoms with van der Waals surface area (Å²) in [6, 6.07) is 4.78. The second-order valence-corrected chi connectivity index (χ2v) is 4.31. The predicted octanol–water partition coefficient (Wildman–Crippen LogP) is 0.777. The van der Waals surface area contributed by atoms with E-state index in [0.717, 1.165) is 14.2 Å². The van der Waals surface area contributed by atoms with Gasteiger partial charge in [-0.25, -0.2) is 4.79 Å². The number of hydrazone groups is 1. The van der Waals surface area contributed by atoms with Gasteiger partial charge in [-0.3, -0.25) is 15.0 Å². The molecule has 0 aliphatic carbocycles. The zero-order valence-corrected chi connectivity index (χ0v) is 13.7. The van der Waals surface area contributed by atoms with Crippen molar-refractivity contribution in [2.75, 3.05) is 33.9 Å². The highest BCUT2D eigenvalue weighted by atomic mass is 16.5. The molecule has 0 atom stereocenters. The maximum atomic E-state index is 11.9. The van der Waals surface area contributed by atoms with Crippen LogP contribution in [0.5, 0.6) is 11.5 Å². The molecule has 0 bridgehead atoms. The van der Waals surface area contributed by atoms with Crippen molar-refractivity contribution < 1.29 is 33.3 Å². The third-order valence-corrected chi connectivity index (χ3v) is 2.86. The number of esters is 2. The first kappa shape index (κ1) is 18.9. The number of rotatable bonds is 8. The van der Waals surface area contributed by atoms with Crippen LogP contribution in [0, 0.1) is 0 Å². The molecule has 0 fully saturated rings. The minimum atomic E-state index is -0.975. The molecular formula is C15H18N2O7. The number of methoxy groups -OCH3 is 4. The molecule has 0 aromatic heterocycles. The highest BCUT2D eigenvalue weighted by Crippen LogP contribution is 2.29. The largest absolute Gasteiger partial charge is 0.493 e. The fourth-order valence-corrected chi connectivity index (χ4v) is 1.63. The summed E-state index contributed by atoms with van der Waals surface area (Å²) < 4.78 is 19.1. The molecule has 9 nitrogen and oxygen atoms in total. The number of hydrogen-bond acceptors (Lipinski definition) is 9. The molecule has 9 heteroatoms. The molecule has 24 heavy (non-hydrogen) atoms. The van der Waals surface area contributed by atoms with Crippen molar-refractivity contribution in [1.29, 1.82) is 0 Å². The second kappa shape index (κ2) is 9.13. The van der Waals surface area contributed by atoms with Crippen LogP contribution < -0.4 is 14.9 Å². The van der Waals surface area contributed by atoms with Gasteiger partial charge >= 0.3 is 11.9 Å². The number of Topliss-reactive ketones (excluding diaryl/α,β-unsaturated/α-hetero) is 1. The van der Waals surface area contributed by atoms with E-state index >= 15 is 0 Å². The maximum Gasteiger partial charge on any atom is 0.362 e. The molecule has 0 unspecified atom stereocenters. The van der Waals surface area contributed by atoms with Crippen molar-refractivity contribution in [3.05, 3.63) is 18.2 Å². The third kappa shape index (κ3) is 4.97. The molecule has 0 radical (unpaired) electrons. The lowest BCUT2D eigenvalue weighted by molar-refractivity contribution is -0.142. The van der Waals surface area contributed by atoms with Crippen LogP contribution in [0.25, 0.3) is 0 Å². The van der Waals surface area contributed by atoms with Crippen LogP contribution in [0.1, 0.15) is 6.42 Å². The number of ketones is 1. The summed E-state index contributed by atoms with van der Waals surface area (Å²) >= 11 is 0. The summed E-state index contributed by atoms with van der Waals surface area (Å²) in [6.45, 7) is 0. The van der Waals surface area contributed by atoms with Gasteiger partial charge in [-0.05, 0) is 12.1 Å². The Morgan fingerprint density at radius 1 is 1.00 bits per heavy atom. The molecule has 0 aliphatic rings. The Morgan fingerprint density at radius 2 is 1.67 bits per heavy atom. The van der Waals surface area contributed by atoms with Crippen molar-refractivity contribution in [3.8, 4) is 11.5 Å². The molecule has 0 saturated carbocycles. The SMILES string of the molecule is COC(=O)CC(=O)/C(=N\Nc1ccc(OC)c(OC)c1)C(=O)OC. The molecule has 1 N–H and O–H groups in total. The van der Waals surface area contributed by atoms with E-state index in [1.165, 1.54) is 14.2 Å². The number of carbonyl (C=O) groups is 3. The van der Waals surface area contributed by atoms with E-state index in [-0.39, 0.29) is 0 Å². The lowest BCUT2D eigenvalue weighted by Crippen LogP contribution is -2.28.